The lowest BCUT2D eigenvalue weighted by molar-refractivity contribution is 0.459. The Hall–Kier alpha value is -2.38. The Morgan fingerprint density at radius 3 is 2.52 bits per heavy atom. The van der Waals surface area contributed by atoms with Crippen LogP contribution in [0.3, 0.4) is 0 Å². The van der Waals surface area contributed by atoms with Gasteiger partial charge in [-0.25, -0.2) is 12.7 Å². The van der Waals surface area contributed by atoms with Gasteiger partial charge in [-0.15, -0.1) is 0 Å². The molecule has 1 fully saturated rings. The van der Waals surface area contributed by atoms with Crippen LogP contribution in [-0.4, -0.2) is 57.8 Å². The summed E-state index contributed by atoms with van der Waals surface area (Å²) < 4.78 is 26.4. The highest BCUT2D eigenvalue weighted by molar-refractivity contribution is 7.89. The van der Waals surface area contributed by atoms with Gasteiger partial charge in [0.15, 0.2) is 5.96 Å². The lowest BCUT2D eigenvalue weighted by Crippen LogP contribution is -2.40. The van der Waals surface area contributed by atoms with E-state index in [-0.39, 0.29) is 0 Å². The molecule has 0 bridgehead atoms. The van der Waals surface area contributed by atoms with Gasteiger partial charge in [-0.05, 0) is 36.0 Å². The van der Waals surface area contributed by atoms with Crippen LogP contribution in [0, 0.1) is 5.92 Å². The molecular weight excluding hydrogens is 384 g/mol. The molecule has 156 valence electrons. The van der Waals surface area contributed by atoms with Gasteiger partial charge in [0.05, 0.1) is 4.90 Å². The molecule has 1 aliphatic rings. The Kier molecular flexibility index (Phi) is 6.92. The van der Waals surface area contributed by atoms with Gasteiger partial charge in [-0.3, -0.25) is 4.99 Å². The molecule has 1 saturated heterocycles. The first-order chi connectivity index (χ1) is 13.9. The fourth-order valence-electron chi connectivity index (χ4n) is 3.74. The van der Waals surface area contributed by atoms with E-state index in [0.717, 1.165) is 37.5 Å². The highest BCUT2D eigenvalue weighted by atomic mass is 32.2. The van der Waals surface area contributed by atoms with Crippen molar-refractivity contribution in [2.45, 2.75) is 24.3 Å². The number of aliphatic imine (C=N–C) groups is 1. The summed E-state index contributed by atoms with van der Waals surface area (Å²) in [6.07, 6.45) is 2.19. The average Bonchev–Trinajstić information content (AvgIpc) is 3.17. The van der Waals surface area contributed by atoms with Crippen LogP contribution in [0.15, 0.2) is 64.5 Å². The number of nitrogens with one attached hydrogen (secondary N) is 1. The third kappa shape index (κ3) is 5.16. The molecule has 7 heteroatoms. The molecule has 0 saturated carbocycles. The van der Waals surface area contributed by atoms with Crippen LogP contribution >= 0.6 is 0 Å². The van der Waals surface area contributed by atoms with Crippen LogP contribution in [0.25, 0.3) is 0 Å². The van der Waals surface area contributed by atoms with E-state index in [2.05, 4.69) is 39.5 Å². The molecule has 6 nitrogen and oxygen atoms in total. The van der Waals surface area contributed by atoms with E-state index >= 15 is 0 Å². The van der Waals surface area contributed by atoms with Gasteiger partial charge < -0.3 is 10.2 Å². The molecule has 0 amide bonds. The summed E-state index contributed by atoms with van der Waals surface area (Å²) in [5.74, 6) is 1.41. The second kappa shape index (κ2) is 9.41. The number of rotatable bonds is 6. The lowest BCUT2D eigenvalue weighted by Gasteiger charge is -2.23. The molecule has 0 aromatic heterocycles. The van der Waals surface area contributed by atoms with Crippen molar-refractivity contribution in [1.29, 1.82) is 0 Å². The molecule has 0 spiro atoms. The summed E-state index contributed by atoms with van der Waals surface area (Å²) in [6.45, 7) is 2.32. The zero-order valence-corrected chi connectivity index (χ0v) is 18.2. The van der Waals surface area contributed by atoms with Gasteiger partial charge in [0.2, 0.25) is 10.0 Å². The van der Waals surface area contributed by atoms with E-state index in [1.165, 1.54) is 9.87 Å². The maximum absolute atomic E-state index is 12.6. The highest BCUT2D eigenvalue weighted by Crippen LogP contribution is 2.22. The van der Waals surface area contributed by atoms with Crippen molar-refractivity contribution in [2.75, 3.05) is 34.2 Å². The Morgan fingerprint density at radius 1 is 1.14 bits per heavy atom. The van der Waals surface area contributed by atoms with E-state index in [4.69, 9.17) is 0 Å². The number of benzene rings is 2. The van der Waals surface area contributed by atoms with Gasteiger partial charge in [-0.2, -0.15) is 0 Å². The fourth-order valence-corrected chi connectivity index (χ4v) is 4.86. The third-order valence-electron chi connectivity index (χ3n) is 5.33. The van der Waals surface area contributed by atoms with Gasteiger partial charge in [0.25, 0.3) is 0 Å². The summed E-state index contributed by atoms with van der Waals surface area (Å²) in [4.78, 5) is 7.02. The van der Waals surface area contributed by atoms with Crippen LogP contribution in [0.2, 0.25) is 0 Å². The number of hydrogen-bond acceptors (Lipinski definition) is 3. The van der Waals surface area contributed by atoms with E-state index in [1.807, 2.05) is 18.2 Å². The van der Waals surface area contributed by atoms with Gasteiger partial charge >= 0.3 is 0 Å². The van der Waals surface area contributed by atoms with Crippen LogP contribution in [0.1, 0.15) is 17.5 Å². The molecule has 1 heterocycles. The largest absolute Gasteiger partial charge is 0.352 e. The number of likely N-dealkylation sites (tertiary alicyclic amines) is 1. The second-order valence-corrected chi connectivity index (χ2v) is 9.71. The summed E-state index contributed by atoms with van der Waals surface area (Å²) in [5, 5.41) is 3.36. The van der Waals surface area contributed by atoms with Crippen molar-refractivity contribution < 1.29 is 8.42 Å². The van der Waals surface area contributed by atoms with Crippen LogP contribution in [0.4, 0.5) is 0 Å². The average molecular weight is 415 g/mol. The number of sulfonamides is 1. The quantitative estimate of drug-likeness (QED) is 0.583. The van der Waals surface area contributed by atoms with Crippen molar-refractivity contribution in [3.63, 3.8) is 0 Å². The van der Waals surface area contributed by atoms with E-state index in [1.54, 1.807) is 33.3 Å². The zero-order valence-electron chi connectivity index (χ0n) is 17.4. The second-order valence-electron chi connectivity index (χ2n) is 7.59. The topological polar surface area (TPSA) is 65.0 Å². The maximum atomic E-state index is 12.6. The van der Waals surface area contributed by atoms with Crippen molar-refractivity contribution in [3.05, 3.63) is 65.7 Å². The lowest BCUT2D eigenvalue weighted by atomic mass is 9.99. The van der Waals surface area contributed by atoms with Crippen molar-refractivity contribution in [3.8, 4) is 0 Å². The SMILES string of the molecule is CN=C(NCc1ccccc1S(=O)(=O)N(C)C)N1CCC(Cc2ccccc2)C1. The summed E-state index contributed by atoms with van der Waals surface area (Å²) in [5.41, 5.74) is 2.10. The monoisotopic (exact) mass is 414 g/mol. The molecule has 3 rings (SSSR count). The van der Waals surface area contributed by atoms with E-state index in [0.29, 0.717) is 17.4 Å². The Balaban J connectivity index is 1.64. The fraction of sp³-hybridized carbons (Fsp3) is 0.409. The highest BCUT2D eigenvalue weighted by Gasteiger charge is 2.26. The molecule has 1 N–H and O–H groups in total. The summed E-state index contributed by atoms with van der Waals surface area (Å²) in [7, 11) is 1.39. The van der Waals surface area contributed by atoms with Crippen molar-refractivity contribution >= 4 is 16.0 Å². The molecule has 0 radical (unpaired) electrons. The Morgan fingerprint density at radius 2 is 1.83 bits per heavy atom. The van der Waals surface area contributed by atoms with E-state index in [9.17, 15) is 8.42 Å². The van der Waals surface area contributed by atoms with Gasteiger partial charge in [0.1, 0.15) is 0 Å². The predicted octanol–water partition coefficient (Wildman–Crippen LogP) is 2.58. The number of nitrogens with zero attached hydrogens (tertiary/aromatic N) is 3. The minimum Gasteiger partial charge on any atom is -0.352 e. The zero-order chi connectivity index (χ0) is 20.9. The number of hydrogen-bond donors (Lipinski definition) is 1. The minimum absolute atomic E-state index is 0.330. The maximum Gasteiger partial charge on any atom is 0.242 e. The first kappa shape index (κ1) is 21.3. The first-order valence-electron chi connectivity index (χ1n) is 9.91. The molecule has 29 heavy (non-hydrogen) atoms. The molecule has 2 aromatic rings. The van der Waals surface area contributed by atoms with Crippen LogP contribution < -0.4 is 5.32 Å². The van der Waals surface area contributed by atoms with Gasteiger partial charge in [-0.1, -0.05) is 48.5 Å². The standard InChI is InChI=1S/C22H30N4O2S/c1-23-22(26-14-13-19(17-26)15-18-9-5-4-6-10-18)24-16-20-11-7-8-12-21(20)29(27,28)25(2)3/h4-12,19H,13-17H2,1-3H3,(H,23,24). The molecular formula is C22H30N4O2S. The molecule has 1 atom stereocenters. The van der Waals surface area contributed by atoms with Crippen LogP contribution in [-0.2, 0) is 23.0 Å². The number of guanidine groups is 1. The smallest absolute Gasteiger partial charge is 0.242 e. The Bertz CT molecular complexity index is 942. The molecule has 0 aliphatic carbocycles. The molecule has 1 unspecified atom stereocenters. The normalized spacial score (nSPS) is 17.7. The van der Waals surface area contributed by atoms with Gasteiger partial charge in [0, 0.05) is 40.8 Å². The van der Waals surface area contributed by atoms with E-state index < -0.39 is 10.0 Å². The minimum atomic E-state index is -3.48. The van der Waals surface area contributed by atoms with Crippen molar-refractivity contribution in [1.82, 2.24) is 14.5 Å². The molecule has 2 aromatic carbocycles. The predicted molar refractivity (Wildman–Crippen MR) is 117 cm³/mol. The summed E-state index contributed by atoms with van der Waals surface area (Å²) >= 11 is 0. The summed E-state index contributed by atoms with van der Waals surface area (Å²) in [6, 6.07) is 17.7. The van der Waals surface area contributed by atoms with Crippen LogP contribution in [0.5, 0.6) is 0 Å². The molecule has 1 aliphatic heterocycles. The van der Waals surface area contributed by atoms with Crippen molar-refractivity contribution in [2.24, 2.45) is 10.9 Å². The Labute approximate surface area is 174 Å². The third-order valence-corrected chi connectivity index (χ3v) is 7.25. The first-order valence-corrected chi connectivity index (χ1v) is 11.4.